The first-order valence-electron chi connectivity index (χ1n) is 9.92. The second-order valence-corrected chi connectivity index (χ2v) is 26.7. The van der Waals surface area contributed by atoms with Crippen LogP contribution in [0.25, 0.3) is 10.9 Å². The summed E-state index contributed by atoms with van der Waals surface area (Å²) >= 11 is 3.66. The van der Waals surface area contributed by atoms with E-state index in [1.807, 2.05) is 8.95 Å². The van der Waals surface area contributed by atoms with Crippen LogP contribution in [-0.4, -0.2) is 27.0 Å². The monoisotopic (exact) mass is 502 g/mol. The molecule has 0 bridgehead atoms. The zero-order valence-corrected chi connectivity index (χ0v) is 20.7. The fraction of sp³-hybridized carbons (Fsp3) is 0.600. The molecule has 0 aliphatic rings. The molecule has 144 valence electrons. The molecular weight excluding hydrogens is 470 g/mol. The van der Waals surface area contributed by atoms with E-state index in [1.54, 1.807) is 18.2 Å². The molecule has 0 atom stereocenters. The van der Waals surface area contributed by atoms with E-state index in [0.717, 1.165) is 5.16 Å². The van der Waals surface area contributed by atoms with Crippen LogP contribution in [0.15, 0.2) is 28.2 Å². The van der Waals surface area contributed by atoms with E-state index in [4.69, 9.17) is 16.6 Å². The zero-order chi connectivity index (χ0) is 19.0. The summed E-state index contributed by atoms with van der Waals surface area (Å²) in [6.07, 6.45) is 7.65. The predicted molar refractivity (Wildman–Crippen MR) is 118 cm³/mol. The maximum atomic E-state index is 12.5. The van der Waals surface area contributed by atoms with E-state index in [-0.39, 0.29) is 5.56 Å². The Hall–Kier alpha value is -0.201. The summed E-state index contributed by atoms with van der Waals surface area (Å²) < 4.78 is 4.15. The van der Waals surface area contributed by atoms with Gasteiger partial charge in [0.25, 0.3) is 0 Å². The van der Waals surface area contributed by atoms with Crippen LogP contribution < -0.4 is 5.56 Å². The number of unbranched alkanes of at least 4 members (excludes halogenated alkanes) is 3. The van der Waals surface area contributed by atoms with Crippen LogP contribution in [0, 0.1) is 0 Å². The van der Waals surface area contributed by atoms with Gasteiger partial charge >= 0.3 is 170 Å². The molecule has 2 aromatic rings. The minimum atomic E-state index is -2.46. The summed E-state index contributed by atoms with van der Waals surface area (Å²) in [6, 6.07) is 5.32. The third-order valence-corrected chi connectivity index (χ3v) is 26.3. The minimum absolute atomic E-state index is 0.0455. The van der Waals surface area contributed by atoms with Gasteiger partial charge in [-0.1, -0.05) is 0 Å². The molecule has 1 aromatic heterocycles. The molecule has 0 aliphatic carbocycles. The molecule has 3 nitrogen and oxygen atoms in total. The second-order valence-electron chi connectivity index (χ2n) is 7.13. The third kappa shape index (κ3) is 6.16. The quantitative estimate of drug-likeness (QED) is 0.266. The van der Waals surface area contributed by atoms with Gasteiger partial charge in [-0.05, 0) is 0 Å². The average molecular weight is 502 g/mol. The summed E-state index contributed by atoms with van der Waals surface area (Å²) in [6.45, 7) is 6.83. The fourth-order valence-corrected chi connectivity index (χ4v) is 25.1. The van der Waals surface area contributed by atoms with Crippen LogP contribution in [0.4, 0.5) is 0 Å². The fourth-order valence-electron chi connectivity index (χ4n) is 3.37. The Balaban J connectivity index is 2.38. The number of nitrogens with one attached hydrogen (secondary N) is 1. The van der Waals surface area contributed by atoms with Gasteiger partial charge in [-0.3, -0.25) is 0 Å². The van der Waals surface area contributed by atoms with Crippen LogP contribution in [0.2, 0.25) is 18.3 Å². The molecule has 0 amide bonds. The van der Waals surface area contributed by atoms with Crippen molar-refractivity contribution < 1.29 is 0 Å². The third-order valence-electron chi connectivity index (χ3n) is 4.92. The molecule has 26 heavy (non-hydrogen) atoms. The topological polar surface area (TPSA) is 45.8 Å². The van der Waals surface area contributed by atoms with Gasteiger partial charge in [0.15, 0.2) is 0 Å². The van der Waals surface area contributed by atoms with Crippen LogP contribution in [0.3, 0.4) is 0 Å². The maximum absolute atomic E-state index is 12.5. The number of nitrogens with zero attached hydrogens (tertiary/aromatic N) is 1. The van der Waals surface area contributed by atoms with Crippen molar-refractivity contribution in [1.82, 2.24) is 9.97 Å². The molecular formula is C20H31ClN2OSSn. The van der Waals surface area contributed by atoms with Crippen LogP contribution in [0.1, 0.15) is 59.3 Å². The van der Waals surface area contributed by atoms with E-state index in [1.165, 1.54) is 51.8 Å². The number of aromatic nitrogens is 2. The van der Waals surface area contributed by atoms with E-state index in [9.17, 15) is 4.79 Å². The SMILES string of the molecule is CCC[CH2][Sn]([CH2]CCC)([CH2]CCC)[S]c1nc2cc(Cl)ccc2c(=O)[nH]1. The summed E-state index contributed by atoms with van der Waals surface area (Å²) in [5.74, 6) is 0. The first-order valence-corrected chi connectivity index (χ1v) is 20.7. The van der Waals surface area contributed by atoms with Crippen molar-refractivity contribution in [3.05, 3.63) is 33.6 Å². The van der Waals surface area contributed by atoms with Crippen molar-refractivity contribution in [3.8, 4) is 0 Å². The Kier molecular flexibility index (Phi) is 9.31. The molecule has 0 fully saturated rings. The van der Waals surface area contributed by atoms with E-state index < -0.39 is 17.0 Å². The van der Waals surface area contributed by atoms with Crippen molar-refractivity contribution in [2.45, 2.75) is 77.8 Å². The summed E-state index contributed by atoms with van der Waals surface area (Å²) in [5.41, 5.74) is 0.668. The van der Waals surface area contributed by atoms with Gasteiger partial charge in [-0.2, -0.15) is 0 Å². The number of aromatic amines is 1. The van der Waals surface area contributed by atoms with Crippen molar-refractivity contribution in [1.29, 1.82) is 0 Å². The first-order chi connectivity index (χ1) is 12.5. The van der Waals surface area contributed by atoms with Crippen molar-refractivity contribution in [3.63, 3.8) is 0 Å². The van der Waals surface area contributed by atoms with Gasteiger partial charge in [-0.15, -0.1) is 0 Å². The van der Waals surface area contributed by atoms with E-state index in [2.05, 4.69) is 25.8 Å². The molecule has 0 saturated heterocycles. The van der Waals surface area contributed by atoms with Gasteiger partial charge in [0, 0.05) is 0 Å². The normalized spacial score (nSPS) is 12.0. The molecule has 0 aliphatic heterocycles. The summed E-state index contributed by atoms with van der Waals surface area (Å²) in [5, 5.41) is 2.07. The molecule has 0 spiro atoms. The predicted octanol–water partition coefficient (Wildman–Crippen LogP) is 7.01. The summed E-state index contributed by atoms with van der Waals surface area (Å²) in [7, 11) is 1.99. The molecule has 1 N–H and O–H groups in total. The molecule has 6 heteroatoms. The van der Waals surface area contributed by atoms with Crippen molar-refractivity contribution in [2.75, 3.05) is 0 Å². The van der Waals surface area contributed by atoms with E-state index >= 15 is 0 Å². The number of hydrogen-bond donors (Lipinski definition) is 1. The number of H-pyrrole nitrogens is 1. The molecule has 0 saturated carbocycles. The number of hydrogen-bond acceptors (Lipinski definition) is 3. The number of fused-ring (bicyclic) bond motifs is 1. The number of benzene rings is 1. The summed E-state index contributed by atoms with van der Waals surface area (Å²) in [4.78, 5) is 20.4. The van der Waals surface area contributed by atoms with E-state index in [0.29, 0.717) is 15.9 Å². The van der Waals surface area contributed by atoms with Crippen molar-refractivity contribution in [2.24, 2.45) is 0 Å². The first kappa shape index (κ1) is 22.1. The molecule has 1 heterocycles. The van der Waals surface area contributed by atoms with Crippen molar-refractivity contribution >= 4 is 48.4 Å². The van der Waals surface area contributed by atoms with Crippen LogP contribution >= 0.6 is 20.5 Å². The Morgan fingerprint density at radius 1 is 1.04 bits per heavy atom. The Labute approximate surface area is 169 Å². The Morgan fingerprint density at radius 3 is 2.15 bits per heavy atom. The van der Waals surface area contributed by atoms with Gasteiger partial charge < -0.3 is 0 Å². The number of halogens is 1. The Bertz CT molecular complexity index is 743. The second kappa shape index (κ2) is 11.0. The van der Waals surface area contributed by atoms with Gasteiger partial charge in [0.2, 0.25) is 0 Å². The molecule has 0 radical (unpaired) electrons. The zero-order valence-electron chi connectivity index (χ0n) is 16.2. The van der Waals surface area contributed by atoms with Gasteiger partial charge in [0.1, 0.15) is 0 Å². The molecule has 1 aromatic carbocycles. The van der Waals surface area contributed by atoms with Crippen LogP contribution in [0.5, 0.6) is 0 Å². The molecule has 2 rings (SSSR count). The molecule has 0 unspecified atom stereocenters. The average Bonchev–Trinajstić information content (AvgIpc) is 2.62. The standard InChI is InChI=1S/C8H5ClN2OS.3C4H9.Sn/c9-4-1-2-5-6(3-4)10-8(13)11-7(5)12;3*1-3-4-2;/h1-3H,(H2,10,11,12,13);3*1,3-4H2,2H3;/q;;;;+1/p-1. The van der Waals surface area contributed by atoms with Crippen LogP contribution in [-0.2, 0) is 0 Å². The van der Waals surface area contributed by atoms with Gasteiger partial charge in [0.05, 0.1) is 0 Å². The van der Waals surface area contributed by atoms with Gasteiger partial charge in [-0.25, -0.2) is 0 Å². The Morgan fingerprint density at radius 2 is 1.62 bits per heavy atom. The number of rotatable bonds is 11.